The average molecular weight is 474 g/mol. The average Bonchev–Trinajstić information content (AvgIpc) is 2.80. The lowest BCUT2D eigenvalue weighted by Gasteiger charge is -2.18. The molecule has 0 aliphatic rings. The maximum absolute atomic E-state index is 13.7. The van der Waals surface area contributed by atoms with Crippen molar-refractivity contribution in [3.63, 3.8) is 0 Å². The summed E-state index contributed by atoms with van der Waals surface area (Å²) in [6.07, 6.45) is -1.51. The second-order valence-electron chi connectivity index (χ2n) is 6.85. The molecule has 0 fully saturated rings. The number of methoxy groups -OCH3 is 2. The lowest BCUT2D eigenvalue weighted by molar-refractivity contribution is -0.137. The van der Waals surface area contributed by atoms with E-state index in [1.807, 2.05) is 0 Å². The fourth-order valence-corrected chi connectivity index (χ4v) is 2.79. The summed E-state index contributed by atoms with van der Waals surface area (Å²) in [6.45, 7) is 5.13. The molecule has 3 aromatic rings. The first-order valence-electron chi connectivity index (χ1n) is 9.75. The van der Waals surface area contributed by atoms with E-state index < -0.39 is 23.5 Å². The number of aromatic nitrogens is 3. The highest BCUT2D eigenvalue weighted by Gasteiger charge is 2.35. The maximum Gasteiger partial charge on any atom is 0.421 e. The Morgan fingerprint density at radius 2 is 1.79 bits per heavy atom. The Hall–Kier alpha value is -4.35. The van der Waals surface area contributed by atoms with E-state index in [1.54, 1.807) is 13.0 Å². The molecule has 2 aromatic heterocycles. The summed E-state index contributed by atoms with van der Waals surface area (Å²) in [5.41, 5.74) is 0.413. The third-order valence-electron chi connectivity index (χ3n) is 4.55. The maximum atomic E-state index is 13.7. The van der Waals surface area contributed by atoms with Gasteiger partial charge in [-0.3, -0.25) is 4.79 Å². The highest BCUT2D eigenvalue weighted by Crippen LogP contribution is 2.37. The van der Waals surface area contributed by atoms with Gasteiger partial charge in [0.05, 0.1) is 31.3 Å². The van der Waals surface area contributed by atoms with E-state index in [2.05, 4.69) is 37.5 Å². The number of benzene rings is 1. The molecule has 178 valence electrons. The molecule has 2 heterocycles. The largest absolute Gasteiger partial charge is 0.497 e. The number of nitrogens with zero attached hydrogens (tertiary/aromatic N) is 3. The summed E-state index contributed by atoms with van der Waals surface area (Å²) in [7, 11) is 2.86. The molecule has 0 saturated carbocycles. The number of rotatable bonds is 8. The molecule has 0 unspecified atom stereocenters. The van der Waals surface area contributed by atoms with E-state index in [4.69, 9.17) is 9.47 Å². The lowest BCUT2D eigenvalue weighted by atomic mass is 10.2. The minimum atomic E-state index is -4.74. The third-order valence-corrected chi connectivity index (χ3v) is 4.55. The molecular formula is C22H21F3N6O3. The molecule has 0 atom stereocenters. The smallest absolute Gasteiger partial charge is 0.421 e. The van der Waals surface area contributed by atoms with E-state index in [0.29, 0.717) is 29.1 Å². The molecule has 9 nitrogen and oxygen atoms in total. The van der Waals surface area contributed by atoms with Gasteiger partial charge in [0.25, 0.3) is 0 Å². The fourth-order valence-electron chi connectivity index (χ4n) is 2.79. The van der Waals surface area contributed by atoms with Crippen LogP contribution < -0.4 is 25.4 Å². The van der Waals surface area contributed by atoms with Crippen LogP contribution in [0.15, 0.2) is 49.3 Å². The van der Waals surface area contributed by atoms with Crippen molar-refractivity contribution in [2.24, 2.45) is 0 Å². The van der Waals surface area contributed by atoms with Crippen LogP contribution in [0.3, 0.4) is 0 Å². The van der Waals surface area contributed by atoms with Gasteiger partial charge >= 0.3 is 6.18 Å². The molecule has 0 bridgehead atoms. The second-order valence-corrected chi connectivity index (χ2v) is 6.85. The van der Waals surface area contributed by atoms with Gasteiger partial charge in [-0.15, -0.1) is 0 Å². The van der Waals surface area contributed by atoms with Crippen LogP contribution in [0.5, 0.6) is 11.6 Å². The van der Waals surface area contributed by atoms with Crippen molar-refractivity contribution in [1.29, 1.82) is 0 Å². The quantitative estimate of drug-likeness (QED) is 0.399. The van der Waals surface area contributed by atoms with E-state index in [-0.39, 0.29) is 17.3 Å². The van der Waals surface area contributed by atoms with Gasteiger partial charge in [-0.2, -0.15) is 18.2 Å². The zero-order chi connectivity index (χ0) is 24.9. The number of pyridine rings is 1. The van der Waals surface area contributed by atoms with Crippen LogP contribution in [0.2, 0.25) is 0 Å². The molecule has 0 saturated heterocycles. The minimum absolute atomic E-state index is 0.1000. The highest BCUT2D eigenvalue weighted by atomic mass is 19.4. The summed E-state index contributed by atoms with van der Waals surface area (Å²) >= 11 is 0. The number of anilines is 5. The number of ether oxygens (including phenoxy) is 2. The first-order valence-corrected chi connectivity index (χ1v) is 9.75. The van der Waals surface area contributed by atoms with Crippen LogP contribution in [0.1, 0.15) is 11.1 Å². The molecule has 3 rings (SSSR count). The first-order chi connectivity index (χ1) is 16.1. The summed E-state index contributed by atoms with van der Waals surface area (Å²) < 4.78 is 51.3. The molecule has 0 aliphatic carbocycles. The Labute approximate surface area is 193 Å². The van der Waals surface area contributed by atoms with E-state index in [0.717, 1.165) is 6.08 Å². The van der Waals surface area contributed by atoms with Gasteiger partial charge in [-0.25, -0.2) is 9.97 Å². The van der Waals surface area contributed by atoms with Crippen molar-refractivity contribution in [2.45, 2.75) is 13.1 Å². The normalized spacial score (nSPS) is 10.9. The van der Waals surface area contributed by atoms with Crippen LogP contribution in [0.25, 0.3) is 0 Å². The molecule has 1 aromatic carbocycles. The predicted molar refractivity (Wildman–Crippen MR) is 121 cm³/mol. The highest BCUT2D eigenvalue weighted by molar-refractivity contribution is 6.01. The van der Waals surface area contributed by atoms with Crippen molar-refractivity contribution in [2.75, 3.05) is 30.2 Å². The van der Waals surface area contributed by atoms with Gasteiger partial charge in [0, 0.05) is 24.5 Å². The fraction of sp³-hybridized carbons (Fsp3) is 0.182. The number of carbonyl (C=O) groups is 1. The molecule has 1 amide bonds. The van der Waals surface area contributed by atoms with Crippen LogP contribution in [-0.2, 0) is 11.0 Å². The molecule has 0 radical (unpaired) electrons. The van der Waals surface area contributed by atoms with Gasteiger partial charge in [0.2, 0.25) is 17.7 Å². The Kier molecular flexibility index (Phi) is 7.19. The predicted octanol–water partition coefficient (Wildman–Crippen LogP) is 4.83. The van der Waals surface area contributed by atoms with Crippen LogP contribution >= 0.6 is 0 Å². The topological polar surface area (TPSA) is 110 Å². The lowest BCUT2D eigenvalue weighted by Crippen LogP contribution is -2.14. The second kappa shape index (κ2) is 10.1. The Morgan fingerprint density at radius 1 is 1.03 bits per heavy atom. The number of hydrogen-bond acceptors (Lipinski definition) is 8. The van der Waals surface area contributed by atoms with Crippen LogP contribution in [0.4, 0.5) is 42.0 Å². The summed E-state index contributed by atoms with van der Waals surface area (Å²) in [4.78, 5) is 23.7. The Bertz CT molecular complexity index is 1220. The molecular weight excluding hydrogens is 453 g/mol. The van der Waals surface area contributed by atoms with Crippen molar-refractivity contribution >= 4 is 34.7 Å². The summed E-state index contributed by atoms with van der Waals surface area (Å²) in [6, 6.07) is 5.98. The van der Waals surface area contributed by atoms with E-state index >= 15 is 0 Å². The van der Waals surface area contributed by atoms with Crippen molar-refractivity contribution in [1.82, 2.24) is 15.0 Å². The number of alkyl halides is 3. The number of carbonyl (C=O) groups excluding carboxylic acids is 1. The van der Waals surface area contributed by atoms with Gasteiger partial charge in [-0.1, -0.05) is 6.58 Å². The van der Waals surface area contributed by atoms with Gasteiger partial charge in [-0.05, 0) is 30.7 Å². The van der Waals surface area contributed by atoms with Gasteiger partial charge in [0.1, 0.15) is 17.1 Å². The zero-order valence-corrected chi connectivity index (χ0v) is 18.4. The molecule has 12 heteroatoms. The van der Waals surface area contributed by atoms with Gasteiger partial charge in [0.15, 0.2) is 0 Å². The van der Waals surface area contributed by atoms with Gasteiger partial charge < -0.3 is 25.4 Å². The molecule has 0 spiro atoms. The zero-order valence-electron chi connectivity index (χ0n) is 18.4. The van der Waals surface area contributed by atoms with Crippen molar-refractivity contribution in [3.05, 3.63) is 60.4 Å². The van der Waals surface area contributed by atoms with E-state index in [1.165, 1.54) is 38.6 Å². The van der Waals surface area contributed by atoms with Crippen LogP contribution in [0, 0.1) is 6.92 Å². The number of amides is 1. The number of aryl methyl sites for hydroxylation is 1. The molecule has 3 N–H and O–H groups in total. The summed E-state index contributed by atoms with van der Waals surface area (Å²) in [5.74, 6) is -0.494. The SMILES string of the molecule is C=CC(=O)Nc1cc(OC)ccc1Nc1nc(Nc2cc(OC)ncc2C)ncc1C(F)(F)F. The van der Waals surface area contributed by atoms with Crippen molar-refractivity contribution < 1.29 is 27.4 Å². The number of nitrogens with one attached hydrogen (secondary N) is 3. The minimum Gasteiger partial charge on any atom is -0.497 e. The number of halogens is 3. The first kappa shape index (κ1) is 24.3. The standard InChI is InChI=1S/C22H21F3N6O3/c1-5-18(32)28-17-8-13(33-3)6-7-15(17)29-20-14(22(23,24)25)11-27-21(31-20)30-16-9-19(34-4)26-10-12(16)2/h5-11H,1H2,2-4H3,(H,28,32)(H2,26,27,29,30,31). The Balaban J connectivity index is 2.03. The summed E-state index contributed by atoms with van der Waals surface area (Å²) in [5, 5.41) is 8.04. The monoisotopic (exact) mass is 474 g/mol. The Morgan fingerprint density at radius 3 is 2.44 bits per heavy atom. The van der Waals surface area contributed by atoms with Crippen molar-refractivity contribution in [3.8, 4) is 11.6 Å². The molecule has 34 heavy (non-hydrogen) atoms. The third kappa shape index (κ3) is 5.71. The van der Waals surface area contributed by atoms with Crippen LogP contribution in [-0.4, -0.2) is 35.1 Å². The van der Waals surface area contributed by atoms with E-state index in [9.17, 15) is 18.0 Å². The molecule has 0 aliphatic heterocycles. The number of hydrogen-bond donors (Lipinski definition) is 3.